The number of hydrogen-bond donors (Lipinski definition) is 2. The van der Waals surface area contributed by atoms with Gasteiger partial charge in [0.2, 0.25) is 0 Å². The van der Waals surface area contributed by atoms with E-state index in [0.717, 1.165) is 37.6 Å². The third-order valence-electron chi connectivity index (χ3n) is 4.01. The molecule has 0 unspecified atom stereocenters. The van der Waals surface area contributed by atoms with Crippen molar-refractivity contribution in [2.75, 3.05) is 20.7 Å². The minimum atomic E-state index is 0.781. The molecule has 0 spiro atoms. The zero-order valence-electron chi connectivity index (χ0n) is 14.8. The van der Waals surface area contributed by atoms with Crippen molar-refractivity contribution in [2.45, 2.75) is 26.3 Å². The number of aryl methyl sites for hydroxylation is 1. The number of aliphatic imine (C=N–C) groups is 1. The van der Waals surface area contributed by atoms with Gasteiger partial charge in [-0.2, -0.15) is 0 Å². The zero-order chi connectivity index (χ0) is 17.2. The average Bonchev–Trinajstić information content (AvgIpc) is 2.64. The molecule has 2 rings (SSSR count). The monoisotopic (exact) mass is 325 g/mol. The van der Waals surface area contributed by atoms with Crippen molar-refractivity contribution in [1.82, 2.24) is 10.6 Å². The molecule has 4 nitrogen and oxygen atoms in total. The summed E-state index contributed by atoms with van der Waals surface area (Å²) >= 11 is 0. The lowest BCUT2D eigenvalue weighted by Crippen LogP contribution is -2.38. The number of ether oxygens (including phenoxy) is 1. The van der Waals surface area contributed by atoms with Gasteiger partial charge in [-0.05, 0) is 41.7 Å². The van der Waals surface area contributed by atoms with Crippen LogP contribution in [-0.2, 0) is 19.4 Å². The Morgan fingerprint density at radius 3 is 2.54 bits per heavy atom. The Morgan fingerprint density at radius 2 is 1.83 bits per heavy atom. The van der Waals surface area contributed by atoms with E-state index < -0.39 is 0 Å². The van der Waals surface area contributed by atoms with Gasteiger partial charge in [0, 0.05) is 20.1 Å². The van der Waals surface area contributed by atoms with Crippen molar-refractivity contribution in [3.05, 3.63) is 65.2 Å². The van der Waals surface area contributed by atoms with Gasteiger partial charge < -0.3 is 15.4 Å². The molecule has 0 aliphatic rings. The molecule has 0 bridgehead atoms. The second-order valence-electron chi connectivity index (χ2n) is 5.58. The number of nitrogens with one attached hydrogen (secondary N) is 2. The molecule has 0 radical (unpaired) electrons. The lowest BCUT2D eigenvalue weighted by atomic mass is 10.1. The summed E-state index contributed by atoms with van der Waals surface area (Å²) in [5.74, 6) is 1.72. The zero-order valence-corrected chi connectivity index (χ0v) is 14.8. The van der Waals surface area contributed by atoms with Gasteiger partial charge in [-0.3, -0.25) is 4.99 Å². The maximum absolute atomic E-state index is 5.26. The smallest absolute Gasteiger partial charge is 0.191 e. The summed E-state index contributed by atoms with van der Waals surface area (Å²) in [7, 11) is 3.49. The Hall–Kier alpha value is -2.49. The predicted octanol–water partition coefficient (Wildman–Crippen LogP) is 3.17. The minimum Gasteiger partial charge on any atom is -0.497 e. The van der Waals surface area contributed by atoms with E-state index in [-0.39, 0.29) is 0 Å². The maximum atomic E-state index is 5.26. The van der Waals surface area contributed by atoms with E-state index in [2.05, 4.69) is 58.9 Å². The first-order chi connectivity index (χ1) is 11.8. The van der Waals surface area contributed by atoms with Gasteiger partial charge in [-0.15, -0.1) is 0 Å². The molecule has 0 aromatic heterocycles. The molecule has 0 atom stereocenters. The molecule has 2 N–H and O–H groups in total. The van der Waals surface area contributed by atoms with Gasteiger partial charge in [0.15, 0.2) is 5.96 Å². The van der Waals surface area contributed by atoms with E-state index in [0.29, 0.717) is 0 Å². The van der Waals surface area contributed by atoms with Crippen molar-refractivity contribution in [2.24, 2.45) is 4.99 Å². The number of methoxy groups -OCH3 is 1. The van der Waals surface area contributed by atoms with Crippen LogP contribution in [0.1, 0.15) is 23.6 Å². The van der Waals surface area contributed by atoms with Crippen LogP contribution in [0, 0.1) is 0 Å². The van der Waals surface area contributed by atoms with Crippen molar-refractivity contribution < 1.29 is 4.74 Å². The van der Waals surface area contributed by atoms with Crippen LogP contribution < -0.4 is 15.4 Å². The summed E-state index contributed by atoms with van der Waals surface area (Å²) in [6.45, 7) is 3.78. The standard InChI is InChI=1S/C20H27N3O/c1-4-17-9-5-6-10-18(17)15-23-20(21-2)22-13-12-16-8-7-11-19(14-16)24-3/h5-11,14H,4,12-13,15H2,1-3H3,(H2,21,22,23). The Balaban J connectivity index is 1.82. The van der Waals surface area contributed by atoms with Crippen LogP contribution in [0.25, 0.3) is 0 Å². The molecule has 0 saturated carbocycles. The van der Waals surface area contributed by atoms with Crippen molar-refractivity contribution in [3.8, 4) is 5.75 Å². The Morgan fingerprint density at radius 1 is 1.04 bits per heavy atom. The molecular weight excluding hydrogens is 298 g/mol. The van der Waals surface area contributed by atoms with Gasteiger partial charge in [0.05, 0.1) is 7.11 Å². The third-order valence-corrected chi connectivity index (χ3v) is 4.01. The molecule has 0 heterocycles. The van der Waals surface area contributed by atoms with Gasteiger partial charge >= 0.3 is 0 Å². The van der Waals surface area contributed by atoms with Gasteiger partial charge in [-0.25, -0.2) is 0 Å². The molecule has 0 saturated heterocycles. The lowest BCUT2D eigenvalue weighted by Gasteiger charge is -2.14. The van der Waals surface area contributed by atoms with E-state index in [1.807, 2.05) is 12.1 Å². The number of hydrogen-bond acceptors (Lipinski definition) is 2. The van der Waals surface area contributed by atoms with E-state index in [1.54, 1.807) is 14.2 Å². The third kappa shape index (κ3) is 5.30. The summed E-state index contributed by atoms with van der Waals surface area (Å²) < 4.78 is 5.26. The van der Waals surface area contributed by atoms with E-state index >= 15 is 0 Å². The molecule has 0 fully saturated rings. The summed E-state index contributed by atoms with van der Waals surface area (Å²) in [5.41, 5.74) is 3.93. The summed E-state index contributed by atoms with van der Waals surface area (Å²) in [5, 5.41) is 6.74. The van der Waals surface area contributed by atoms with Crippen LogP contribution >= 0.6 is 0 Å². The van der Waals surface area contributed by atoms with Gasteiger partial charge in [0.1, 0.15) is 5.75 Å². The van der Waals surface area contributed by atoms with Crippen LogP contribution in [0.3, 0.4) is 0 Å². The van der Waals surface area contributed by atoms with Crippen molar-refractivity contribution in [1.29, 1.82) is 0 Å². The largest absolute Gasteiger partial charge is 0.497 e. The topological polar surface area (TPSA) is 45.7 Å². The number of benzene rings is 2. The minimum absolute atomic E-state index is 0.781. The average molecular weight is 325 g/mol. The molecule has 0 aliphatic carbocycles. The lowest BCUT2D eigenvalue weighted by molar-refractivity contribution is 0.414. The second-order valence-corrected chi connectivity index (χ2v) is 5.58. The van der Waals surface area contributed by atoms with Crippen LogP contribution in [-0.4, -0.2) is 26.7 Å². The van der Waals surface area contributed by atoms with Crippen molar-refractivity contribution >= 4 is 5.96 Å². The van der Waals surface area contributed by atoms with Crippen LogP contribution in [0.4, 0.5) is 0 Å². The summed E-state index contributed by atoms with van der Waals surface area (Å²) in [4.78, 5) is 4.29. The van der Waals surface area contributed by atoms with Gasteiger partial charge in [-0.1, -0.05) is 43.3 Å². The SMILES string of the molecule is CCc1ccccc1CNC(=NC)NCCc1cccc(OC)c1. The highest BCUT2D eigenvalue weighted by Gasteiger charge is 2.02. The number of nitrogens with zero attached hydrogens (tertiary/aromatic N) is 1. The quantitative estimate of drug-likeness (QED) is 0.607. The van der Waals surface area contributed by atoms with Crippen LogP contribution in [0.5, 0.6) is 5.75 Å². The molecule has 2 aromatic carbocycles. The van der Waals surface area contributed by atoms with E-state index in [9.17, 15) is 0 Å². The summed E-state index contributed by atoms with van der Waals surface area (Å²) in [6, 6.07) is 16.7. The highest BCUT2D eigenvalue weighted by molar-refractivity contribution is 5.79. The molecule has 4 heteroatoms. The Kier molecular flexibility index (Phi) is 7.15. The maximum Gasteiger partial charge on any atom is 0.191 e. The molecule has 2 aromatic rings. The van der Waals surface area contributed by atoms with E-state index in [4.69, 9.17) is 4.74 Å². The Bertz CT molecular complexity index is 667. The molecular formula is C20H27N3O. The molecule has 128 valence electrons. The van der Waals surface area contributed by atoms with Crippen LogP contribution in [0.2, 0.25) is 0 Å². The fraction of sp³-hybridized carbons (Fsp3) is 0.350. The number of guanidine groups is 1. The normalized spacial score (nSPS) is 11.2. The van der Waals surface area contributed by atoms with Gasteiger partial charge in [0.25, 0.3) is 0 Å². The Labute approximate surface area is 145 Å². The van der Waals surface area contributed by atoms with Crippen LogP contribution in [0.15, 0.2) is 53.5 Å². The highest BCUT2D eigenvalue weighted by atomic mass is 16.5. The second kappa shape index (κ2) is 9.60. The van der Waals surface area contributed by atoms with E-state index in [1.165, 1.54) is 16.7 Å². The molecule has 0 aliphatic heterocycles. The number of rotatable bonds is 7. The first-order valence-electron chi connectivity index (χ1n) is 8.41. The summed E-state index contributed by atoms with van der Waals surface area (Å²) in [6.07, 6.45) is 1.96. The predicted molar refractivity (Wildman–Crippen MR) is 101 cm³/mol. The first-order valence-corrected chi connectivity index (χ1v) is 8.41. The first kappa shape index (κ1) is 17.9. The highest BCUT2D eigenvalue weighted by Crippen LogP contribution is 2.12. The molecule has 0 amide bonds. The fourth-order valence-electron chi connectivity index (χ4n) is 2.63. The molecule has 24 heavy (non-hydrogen) atoms. The fourth-order valence-corrected chi connectivity index (χ4v) is 2.63. The van der Waals surface area contributed by atoms with Crippen molar-refractivity contribution in [3.63, 3.8) is 0 Å².